The molecule has 7 heavy (non-hydrogen) atoms. The van der Waals surface area contributed by atoms with Crippen LogP contribution in [0, 0.1) is 0 Å². The summed E-state index contributed by atoms with van der Waals surface area (Å²) in [5.41, 5.74) is 0. The first-order chi connectivity index (χ1) is 5.58. The molecule has 1 saturated heterocycles. The summed E-state index contributed by atoms with van der Waals surface area (Å²) in [4.78, 5) is 10.9. The van der Waals surface area contributed by atoms with Crippen LogP contribution >= 0.6 is 0 Å². The predicted molar refractivity (Wildman–Crippen MR) is 25.9 cm³/mol. The molecule has 1 fully saturated rings. The molecule has 0 aromatic carbocycles. The lowest BCUT2D eigenvalue weighted by molar-refractivity contribution is -0.121. The third-order valence-corrected chi connectivity index (χ3v) is 0.477. The fourth-order valence-electron chi connectivity index (χ4n) is 0.239. The van der Waals surface area contributed by atoms with Crippen LogP contribution < -0.4 is 10.6 Å². The summed E-state index contributed by atoms with van der Waals surface area (Å²) in [5, 5.41) is 3.27. The molecule has 2 N–H and O–H groups in total. The second kappa shape index (κ2) is 1.93. The molecular weight excluding hydrogens is 92.1 g/mol. The highest BCUT2D eigenvalue weighted by Gasteiger charge is 2.02. The SMILES string of the molecule is [2H]C1([2H])NC([2H])([3H])C([2H])([2H])NC1=O. The van der Waals surface area contributed by atoms with Gasteiger partial charge in [0.25, 0.3) is 0 Å². The van der Waals surface area contributed by atoms with Gasteiger partial charge in [0.15, 0.2) is 0 Å². The highest BCUT2D eigenvalue weighted by molar-refractivity contribution is 5.78. The molecule has 1 amide bonds. The van der Waals surface area contributed by atoms with Crippen LogP contribution in [0.1, 0.15) is 8.22 Å². The first-order valence-electron chi connectivity index (χ1n) is 4.70. The molecule has 0 aromatic rings. The van der Waals surface area contributed by atoms with E-state index in [1.54, 1.807) is 10.6 Å². The molecule has 0 aliphatic carbocycles. The maximum absolute atomic E-state index is 10.9. The topological polar surface area (TPSA) is 41.1 Å². The average molecular weight is 107 g/mol. The summed E-state index contributed by atoms with van der Waals surface area (Å²) in [6, 6.07) is 0. The zero-order valence-electron chi connectivity index (χ0n) is 9.41. The number of carbonyl (C=O) groups is 1. The number of hydrogen-bond acceptors (Lipinski definition) is 2. The number of piperazine rings is 1. The van der Waals surface area contributed by atoms with Crippen molar-refractivity contribution in [2.24, 2.45) is 0 Å². The summed E-state index contributed by atoms with van der Waals surface area (Å²) in [7, 11) is 0. The molecule has 1 atom stereocenters. The van der Waals surface area contributed by atoms with Crippen LogP contribution in [0.2, 0.25) is 0 Å². The Labute approximate surface area is 50.5 Å². The Morgan fingerprint density at radius 2 is 3.00 bits per heavy atom. The van der Waals surface area contributed by atoms with Crippen molar-refractivity contribution in [2.75, 3.05) is 19.5 Å². The number of nitrogens with one attached hydrogen (secondary N) is 2. The molecule has 1 rings (SSSR count). The van der Waals surface area contributed by atoms with Crippen molar-refractivity contribution in [3.05, 3.63) is 0 Å². The third kappa shape index (κ3) is 1.16. The van der Waals surface area contributed by atoms with E-state index in [0.29, 0.717) is 0 Å². The molecular formula is C4H8N2O. The van der Waals surface area contributed by atoms with Crippen molar-refractivity contribution in [1.82, 2.24) is 10.6 Å². The van der Waals surface area contributed by atoms with Crippen molar-refractivity contribution < 1.29 is 13.0 Å². The van der Waals surface area contributed by atoms with Gasteiger partial charge in [-0.25, -0.2) is 0 Å². The summed E-state index contributed by atoms with van der Waals surface area (Å²) in [6.45, 7) is -7.84. The van der Waals surface area contributed by atoms with Crippen LogP contribution in [-0.4, -0.2) is 25.4 Å². The van der Waals surface area contributed by atoms with E-state index in [-0.39, 0.29) is 0 Å². The highest BCUT2D eigenvalue weighted by Crippen LogP contribution is 1.69. The average Bonchev–Trinajstić information content (AvgIpc) is 1.80. The predicted octanol–water partition coefficient (Wildman–Crippen LogP) is -1.29. The monoisotopic (exact) mass is 107 g/mol. The largest absolute Gasteiger partial charge is 0.354 e. The second-order valence-corrected chi connectivity index (χ2v) is 0.954. The van der Waals surface area contributed by atoms with E-state index in [4.69, 9.17) is 8.22 Å². The fraction of sp³-hybridized carbons (Fsp3) is 0.750. The fourth-order valence-corrected chi connectivity index (χ4v) is 0.239. The minimum Gasteiger partial charge on any atom is -0.354 e. The molecule has 0 spiro atoms. The molecule has 0 bridgehead atoms. The maximum atomic E-state index is 10.9. The van der Waals surface area contributed by atoms with Gasteiger partial charge in [-0.05, 0) is 0 Å². The lowest BCUT2D eigenvalue weighted by atomic mass is 10.4. The number of rotatable bonds is 0. The van der Waals surface area contributed by atoms with E-state index >= 15 is 0 Å². The van der Waals surface area contributed by atoms with Gasteiger partial charge >= 0.3 is 0 Å². The zero-order chi connectivity index (χ0) is 10.5. The van der Waals surface area contributed by atoms with Gasteiger partial charge in [-0.3, -0.25) is 4.79 Å². The molecule has 0 aromatic heterocycles. The molecule has 1 heterocycles. The van der Waals surface area contributed by atoms with Crippen LogP contribution in [-0.2, 0) is 4.79 Å². The molecule has 40 valence electrons. The molecule has 3 heteroatoms. The lowest BCUT2D eigenvalue weighted by Gasteiger charge is -2.11. The van der Waals surface area contributed by atoms with Crippen LogP contribution in [0.25, 0.3) is 0 Å². The maximum Gasteiger partial charge on any atom is 0.234 e. The van der Waals surface area contributed by atoms with Gasteiger partial charge in [-0.15, -0.1) is 0 Å². The molecule has 1 aliphatic rings. The Bertz CT molecular complexity index is 251. The van der Waals surface area contributed by atoms with Gasteiger partial charge in [0.2, 0.25) is 5.91 Å². The van der Waals surface area contributed by atoms with E-state index < -0.39 is 25.4 Å². The Balaban J connectivity index is 3.00. The van der Waals surface area contributed by atoms with Gasteiger partial charge in [-0.1, -0.05) is 0 Å². The highest BCUT2D eigenvalue weighted by atomic mass is 16.2. The Hall–Kier alpha value is -0.570. The Morgan fingerprint density at radius 3 is 3.71 bits per heavy atom. The van der Waals surface area contributed by atoms with Crippen LogP contribution in [0.4, 0.5) is 0 Å². The molecule has 1 unspecified atom stereocenters. The normalized spacial score (nSPS) is 69.4. The van der Waals surface area contributed by atoms with E-state index in [9.17, 15) is 4.79 Å². The molecule has 0 saturated carbocycles. The number of hydrogen-bond donors (Lipinski definition) is 2. The molecule has 3 nitrogen and oxygen atoms in total. The second-order valence-electron chi connectivity index (χ2n) is 0.954. The summed E-state index contributed by atoms with van der Waals surface area (Å²) < 4.78 is 42.3. The molecule has 1 aliphatic heterocycles. The number of amides is 1. The van der Waals surface area contributed by atoms with E-state index in [1.165, 1.54) is 0 Å². The number of carbonyl (C=O) groups excluding carboxylic acids is 1. The quantitative estimate of drug-likeness (QED) is 0.404. The van der Waals surface area contributed by atoms with Crippen molar-refractivity contribution in [2.45, 2.75) is 0 Å². The summed E-state index contributed by atoms with van der Waals surface area (Å²) in [5.74, 6) is -1.22. The first kappa shape index (κ1) is 1.23. The van der Waals surface area contributed by atoms with Crippen molar-refractivity contribution in [1.29, 1.82) is 0 Å². The standard InChI is InChI=1S/C4H8N2O/c7-4-3-5-1-2-6-4/h5H,1-3H2,(H,6,7)/i1TD,2D2,3D2. The summed E-state index contributed by atoms with van der Waals surface area (Å²) in [6.07, 6.45) is 0. The van der Waals surface area contributed by atoms with Crippen LogP contribution in [0.5, 0.6) is 0 Å². The lowest BCUT2D eigenvalue weighted by Crippen LogP contribution is -2.44. The van der Waals surface area contributed by atoms with E-state index in [2.05, 4.69) is 0 Å². The van der Waals surface area contributed by atoms with Gasteiger partial charge < -0.3 is 10.6 Å². The van der Waals surface area contributed by atoms with E-state index in [0.717, 1.165) is 0 Å². The van der Waals surface area contributed by atoms with Gasteiger partial charge in [0, 0.05) is 15.7 Å². The van der Waals surface area contributed by atoms with Gasteiger partial charge in [-0.2, -0.15) is 0 Å². The van der Waals surface area contributed by atoms with Crippen molar-refractivity contribution in [3.8, 4) is 0 Å². The Morgan fingerprint density at radius 1 is 2.14 bits per heavy atom. The van der Waals surface area contributed by atoms with Crippen molar-refractivity contribution >= 4 is 5.91 Å². The van der Waals surface area contributed by atoms with E-state index in [1.807, 2.05) is 0 Å². The minimum atomic E-state index is -2.63. The third-order valence-electron chi connectivity index (χ3n) is 0.477. The smallest absolute Gasteiger partial charge is 0.234 e. The first-order valence-corrected chi connectivity index (χ1v) is 1.70. The van der Waals surface area contributed by atoms with Crippen LogP contribution in [0.3, 0.4) is 0 Å². The van der Waals surface area contributed by atoms with Crippen molar-refractivity contribution in [3.63, 3.8) is 0 Å². The molecule has 0 radical (unpaired) electrons. The minimum absolute atomic E-state index is 1.22. The Kier molecular flexibility index (Phi) is 0.338. The van der Waals surface area contributed by atoms with Gasteiger partial charge in [0.05, 0.1) is 12.0 Å². The van der Waals surface area contributed by atoms with Crippen LogP contribution in [0.15, 0.2) is 0 Å². The van der Waals surface area contributed by atoms with Gasteiger partial charge in [0.1, 0.15) is 0 Å². The zero-order valence-corrected chi connectivity index (χ0v) is 3.41. The summed E-state index contributed by atoms with van der Waals surface area (Å²) >= 11 is 0.